The molecule has 1 aromatic rings. The first-order valence-electron chi connectivity index (χ1n) is 6.73. The second-order valence-electron chi connectivity index (χ2n) is 6.10. The van der Waals surface area contributed by atoms with Crippen molar-refractivity contribution in [1.29, 1.82) is 0 Å². The van der Waals surface area contributed by atoms with Crippen LogP contribution in [0.5, 0.6) is 0 Å². The number of halogens is 2. The van der Waals surface area contributed by atoms with E-state index in [9.17, 15) is 8.42 Å². The first-order chi connectivity index (χ1) is 9.55. The van der Waals surface area contributed by atoms with E-state index in [0.29, 0.717) is 22.5 Å². The zero-order valence-electron chi connectivity index (χ0n) is 12.7. The van der Waals surface area contributed by atoms with Crippen LogP contribution in [-0.2, 0) is 10.0 Å². The number of aryl methyl sites for hydroxylation is 1. The van der Waals surface area contributed by atoms with Crippen molar-refractivity contribution in [2.24, 2.45) is 0 Å². The molecule has 1 fully saturated rings. The van der Waals surface area contributed by atoms with E-state index < -0.39 is 10.0 Å². The van der Waals surface area contributed by atoms with Crippen LogP contribution in [0.2, 0.25) is 0 Å². The number of sulfonamides is 1. The van der Waals surface area contributed by atoms with Gasteiger partial charge < -0.3 is 0 Å². The van der Waals surface area contributed by atoms with Gasteiger partial charge in [0.2, 0.25) is 10.0 Å². The summed E-state index contributed by atoms with van der Waals surface area (Å²) in [7, 11) is -1.47. The minimum Gasteiger partial charge on any atom is -0.299 e. The van der Waals surface area contributed by atoms with Crippen molar-refractivity contribution in [2.45, 2.75) is 31.2 Å². The van der Waals surface area contributed by atoms with E-state index in [2.05, 4.69) is 50.6 Å². The summed E-state index contributed by atoms with van der Waals surface area (Å²) in [5.74, 6) is 0. The Balaban J connectivity index is 2.42. The molecule has 1 aromatic carbocycles. The molecule has 0 N–H and O–H groups in total. The van der Waals surface area contributed by atoms with Crippen LogP contribution >= 0.6 is 31.9 Å². The van der Waals surface area contributed by atoms with Crippen LogP contribution in [-0.4, -0.2) is 49.8 Å². The molecule has 2 rings (SSSR count). The van der Waals surface area contributed by atoms with Gasteiger partial charge in [-0.3, -0.25) is 4.90 Å². The topological polar surface area (TPSA) is 40.6 Å². The third-order valence-corrected chi connectivity index (χ3v) is 7.77. The third kappa shape index (κ3) is 3.37. The largest absolute Gasteiger partial charge is 0.299 e. The van der Waals surface area contributed by atoms with E-state index >= 15 is 0 Å². The average Bonchev–Trinajstić information content (AvgIpc) is 2.36. The maximum Gasteiger partial charge on any atom is 0.244 e. The van der Waals surface area contributed by atoms with E-state index in [1.165, 1.54) is 0 Å². The third-order valence-electron chi connectivity index (χ3n) is 4.11. The van der Waals surface area contributed by atoms with Gasteiger partial charge in [0, 0.05) is 34.1 Å². The molecule has 0 bridgehead atoms. The molecule has 0 aliphatic carbocycles. The van der Waals surface area contributed by atoms with Crippen molar-refractivity contribution in [3.8, 4) is 0 Å². The van der Waals surface area contributed by atoms with Crippen LogP contribution in [0.25, 0.3) is 0 Å². The van der Waals surface area contributed by atoms with Crippen LogP contribution in [0.1, 0.15) is 19.4 Å². The zero-order chi connectivity index (χ0) is 16.0. The van der Waals surface area contributed by atoms with Crippen molar-refractivity contribution in [1.82, 2.24) is 9.21 Å². The van der Waals surface area contributed by atoms with Crippen LogP contribution in [0, 0.1) is 6.92 Å². The van der Waals surface area contributed by atoms with Gasteiger partial charge in [-0.25, -0.2) is 8.42 Å². The molecule has 21 heavy (non-hydrogen) atoms. The van der Waals surface area contributed by atoms with Crippen molar-refractivity contribution in [3.05, 3.63) is 26.6 Å². The zero-order valence-corrected chi connectivity index (χ0v) is 16.6. The van der Waals surface area contributed by atoms with E-state index in [0.717, 1.165) is 16.6 Å². The molecule has 7 heteroatoms. The number of piperazine rings is 1. The summed E-state index contributed by atoms with van der Waals surface area (Å²) in [6.07, 6.45) is 0. The fraction of sp³-hybridized carbons (Fsp3) is 0.571. The lowest BCUT2D eigenvalue weighted by Gasteiger charge is -2.44. The van der Waals surface area contributed by atoms with Gasteiger partial charge in [-0.05, 0) is 61.4 Å². The van der Waals surface area contributed by atoms with Gasteiger partial charge >= 0.3 is 0 Å². The Bertz CT molecular complexity index is 659. The highest BCUT2D eigenvalue weighted by Gasteiger charge is 2.38. The van der Waals surface area contributed by atoms with Crippen LogP contribution in [0.4, 0.5) is 0 Å². The summed E-state index contributed by atoms with van der Waals surface area (Å²) in [5.41, 5.74) is 0.833. The van der Waals surface area contributed by atoms with Crippen LogP contribution < -0.4 is 0 Å². The molecule has 0 unspecified atom stereocenters. The Morgan fingerprint density at radius 3 is 2.33 bits per heavy atom. The number of nitrogens with zero attached hydrogens (tertiary/aromatic N) is 2. The Morgan fingerprint density at radius 1 is 1.14 bits per heavy atom. The van der Waals surface area contributed by atoms with E-state index in [1.54, 1.807) is 10.4 Å². The lowest BCUT2D eigenvalue weighted by Crippen LogP contribution is -2.58. The Labute approximate surface area is 143 Å². The van der Waals surface area contributed by atoms with E-state index in [1.807, 2.05) is 20.0 Å². The predicted octanol–water partition coefficient (Wildman–Crippen LogP) is 3.23. The quantitative estimate of drug-likeness (QED) is 0.710. The second-order valence-corrected chi connectivity index (χ2v) is 9.72. The Kier molecular flexibility index (Phi) is 4.91. The summed E-state index contributed by atoms with van der Waals surface area (Å²) in [6.45, 7) is 7.80. The molecule has 1 heterocycles. The Morgan fingerprint density at radius 2 is 1.76 bits per heavy atom. The number of hydrogen-bond acceptors (Lipinski definition) is 3. The Hall–Kier alpha value is 0.0500. The van der Waals surface area contributed by atoms with Gasteiger partial charge in [0.25, 0.3) is 0 Å². The minimum atomic E-state index is -3.50. The molecule has 0 aromatic heterocycles. The van der Waals surface area contributed by atoms with Crippen molar-refractivity contribution in [2.75, 3.05) is 26.7 Å². The summed E-state index contributed by atoms with van der Waals surface area (Å²) in [5, 5.41) is 0. The number of benzene rings is 1. The number of likely N-dealkylation sites (N-methyl/N-ethyl adjacent to an activating group) is 1. The van der Waals surface area contributed by atoms with Gasteiger partial charge in [-0.1, -0.05) is 15.9 Å². The average molecular weight is 440 g/mol. The fourth-order valence-corrected chi connectivity index (χ4v) is 5.59. The highest BCUT2D eigenvalue weighted by Crippen LogP contribution is 2.32. The minimum absolute atomic E-state index is 0.167. The molecule has 1 aliphatic heterocycles. The smallest absolute Gasteiger partial charge is 0.244 e. The van der Waals surface area contributed by atoms with Gasteiger partial charge in [-0.15, -0.1) is 0 Å². The highest BCUT2D eigenvalue weighted by molar-refractivity contribution is 9.11. The van der Waals surface area contributed by atoms with Gasteiger partial charge in [-0.2, -0.15) is 4.31 Å². The molecule has 0 amide bonds. The van der Waals surface area contributed by atoms with Crippen LogP contribution in [0.3, 0.4) is 0 Å². The molecule has 0 saturated carbocycles. The molecular weight excluding hydrogens is 420 g/mol. The van der Waals surface area contributed by atoms with E-state index in [-0.39, 0.29) is 5.54 Å². The SMILES string of the molecule is Cc1cc(Br)c(S(=O)(=O)N2CCN(C)C(C)(C)C2)cc1Br. The van der Waals surface area contributed by atoms with Gasteiger partial charge in [0.05, 0.1) is 4.90 Å². The molecular formula is C14H20Br2N2O2S. The van der Waals surface area contributed by atoms with Crippen molar-refractivity contribution >= 4 is 41.9 Å². The maximum absolute atomic E-state index is 12.9. The van der Waals surface area contributed by atoms with Crippen molar-refractivity contribution < 1.29 is 8.42 Å². The number of hydrogen-bond donors (Lipinski definition) is 0. The lowest BCUT2D eigenvalue weighted by molar-refractivity contribution is 0.0801. The second kappa shape index (κ2) is 5.92. The van der Waals surface area contributed by atoms with Crippen molar-refractivity contribution in [3.63, 3.8) is 0 Å². The normalized spacial score (nSPS) is 20.7. The maximum atomic E-state index is 12.9. The summed E-state index contributed by atoms with van der Waals surface area (Å²) in [6, 6.07) is 3.51. The number of rotatable bonds is 2. The summed E-state index contributed by atoms with van der Waals surface area (Å²) >= 11 is 6.80. The van der Waals surface area contributed by atoms with Gasteiger partial charge in [0.15, 0.2) is 0 Å². The first-order valence-corrected chi connectivity index (χ1v) is 9.75. The molecule has 1 saturated heterocycles. The first kappa shape index (κ1) is 17.4. The molecule has 118 valence electrons. The standard InChI is InChI=1S/C14H20Br2N2O2S/c1-10-7-12(16)13(8-11(10)15)21(19,20)18-6-5-17(4)14(2,3)9-18/h7-8H,5-6,9H2,1-4H3. The highest BCUT2D eigenvalue weighted by atomic mass is 79.9. The lowest BCUT2D eigenvalue weighted by atomic mass is 10.0. The summed E-state index contributed by atoms with van der Waals surface area (Å²) in [4.78, 5) is 2.51. The predicted molar refractivity (Wildman–Crippen MR) is 92.0 cm³/mol. The molecule has 0 spiro atoms. The monoisotopic (exact) mass is 438 g/mol. The molecule has 0 atom stereocenters. The molecule has 4 nitrogen and oxygen atoms in total. The summed E-state index contributed by atoms with van der Waals surface area (Å²) < 4.78 is 28.8. The molecule has 1 aliphatic rings. The fourth-order valence-electron chi connectivity index (χ4n) is 2.37. The van der Waals surface area contributed by atoms with Crippen LogP contribution in [0.15, 0.2) is 26.0 Å². The van der Waals surface area contributed by atoms with E-state index in [4.69, 9.17) is 0 Å². The molecule has 0 radical (unpaired) electrons. The van der Waals surface area contributed by atoms with Gasteiger partial charge in [0.1, 0.15) is 0 Å².